The first-order chi connectivity index (χ1) is 11.7. The maximum atomic E-state index is 5.46. The topological polar surface area (TPSA) is 9.23 Å². The molecule has 1 nitrogen and oxygen atoms in total. The summed E-state index contributed by atoms with van der Waals surface area (Å²) in [5, 5.41) is 0. The fourth-order valence-electron chi connectivity index (χ4n) is 3.25. The van der Waals surface area contributed by atoms with E-state index in [2.05, 4.69) is 52.0 Å². The largest absolute Gasteiger partial charge is 0.497 e. The summed E-state index contributed by atoms with van der Waals surface area (Å²) in [5.74, 6) is 0.950. The van der Waals surface area contributed by atoms with Gasteiger partial charge in [0.15, 0.2) is 0 Å². The van der Waals surface area contributed by atoms with E-state index in [-0.39, 0.29) is 0 Å². The van der Waals surface area contributed by atoms with E-state index in [9.17, 15) is 0 Å². The number of rotatable bonds is 11. The summed E-state index contributed by atoms with van der Waals surface area (Å²) >= 11 is 0. The van der Waals surface area contributed by atoms with Gasteiger partial charge in [0.2, 0.25) is 0 Å². The summed E-state index contributed by atoms with van der Waals surface area (Å²) in [6.07, 6.45) is 12.0. The van der Waals surface area contributed by atoms with E-state index >= 15 is 0 Å². The van der Waals surface area contributed by atoms with Crippen LogP contribution in [0.2, 0.25) is 0 Å². The molecule has 1 aromatic rings. The van der Waals surface area contributed by atoms with Gasteiger partial charge in [-0.2, -0.15) is 0 Å². The molecule has 0 saturated heterocycles. The molecule has 0 amide bonds. The normalized spacial score (nSPS) is 13.0. The Balaban J connectivity index is 3.45. The van der Waals surface area contributed by atoms with E-state index in [1.165, 1.54) is 56.1 Å². The zero-order valence-corrected chi connectivity index (χ0v) is 16.5. The van der Waals surface area contributed by atoms with Crippen LogP contribution in [-0.2, 0) is 0 Å². The fourth-order valence-corrected chi connectivity index (χ4v) is 3.25. The molecule has 0 atom stereocenters. The van der Waals surface area contributed by atoms with Crippen molar-refractivity contribution in [1.82, 2.24) is 0 Å². The molecule has 0 aliphatic carbocycles. The number of hydrogen-bond donors (Lipinski definition) is 0. The molecule has 0 N–H and O–H groups in total. The lowest BCUT2D eigenvalue weighted by molar-refractivity contribution is 0.414. The molecule has 0 aliphatic heterocycles. The van der Waals surface area contributed by atoms with Crippen molar-refractivity contribution in [3.63, 3.8) is 0 Å². The molecule has 24 heavy (non-hydrogen) atoms. The van der Waals surface area contributed by atoms with E-state index in [4.69, 9.17) is 4.74 Å². The zero-order valence-electron chi connectivity index (χ0n) is 16.5. The third kappa shape index (κ3) is 6.19. The van der Waals surface area contributed by atoms with Crippen molar-refractivity contribution in [3.05, 3.63) is 47.1 Å². The van der Waals surface area contributed by atoms with Gasteiger partial charge in [0, 0.05) is 0 Å². The molecule has 0 aliphatic rings. The van der Waals surface area contributed by atoms with Crippen molar-refractivity contribution in [2.75, 3.05) is 7.11 Å². The smallest absolute Gasteiger partial charge is 0.119 e. The summed E-state index contributed by atoms with van der Waals surface area (Å²) < 4.78 is 5.46. The molecule has 0 heterocycles. The van der Waals surface area contributed by atoms with Crippen molar-refractivity contribution in [3.8, 4) is 5.75 Å². The molecule has 1 rings (SSSR count). The number of hydrogen-bond acceptors (Lipinski definition) is 1. The van der Waals surface area contributed by atoms with Crippen LogP contribution in [0.25, 0.3) is 5.57 Å². The number of methoxy groups -OCH3 is 1. The maximum Gasteiger partial charge on any atom is 0.119 e. The molecule has 0 unspecified atom stereocenters. The summed E-state index contributed by atoms with van der Waals surface area (Å²) in [4.78, 5) is 0. The van der Waals surface area contributed by atoms with Crippen molar-refractivity contribution in [1.29, 1.82) is 0 Å². The summed E-state index contributed by atoms with van der Waals surface area (Å²) in [6.45, 7) is 9.12. The van der Waals surface area contributed by atoms with E-state index in [0.29, 0.717) is 0 Å². The predicted molar refractivity (Wildman–Crippen MR) is 108 cm³/mol. The highest BCUT2D eigenvalue weighted by atomic mass is 16.5. The van der Waals surface area contributed by atoms with Crippen LogP contribution < -0.4 is 4.74 Å². The Hall–Kier alpha value is -1.50. The fraction of sp³-hybridized carbons (Fsp3) is 0.565. The molecule has 1 heteroatoms. The number of allylic oxidation sites excluding steroid dienone is 4. The van der Waals surface area contributed by atoms with Crippen LogP contribution in [-0.4, -0.2) is 7.11 Å². The van der Waals surface area contributed by atoms with Crippen molar-refractivity contribution >= 4 is 5.57 Å². The molecule has 0 fully saturated rings. The van der Waals surface area contributed by atoms with Crippen LogP contribution in [0.4, 0.5) is 0 Å². The van der Waals surface area contributed by atoms with Crippen molar-refractivity contribution < 1.29 is 4.74 Å². The van der Waals surface area contributed by atoms with Crippen LogP contribution >= 0.6 is 0 Å². The van der Waals surface area contributed by atoms with Gasteiger partial charge < -0.3 is 4.74 Å². The Morgan fingerprint density at radius 3 is 2.21 bits per heavy atom. The highest BCUT2D eigenvalue weighted by molar-refractivity contribution is 5.73. The molecule has 0 spiro atoms. The molecule has 0 radical (unpaired) electrons. The molecule has 1 aromatic carbocycles. The van der Waals surface area contributed by atoms with Crippen LogP contribution in [0.3, 0.4) is 0 Å². The lowest BCUT2D eigenvalue weighted by atomic mass is 9.86. The van der Waals surface area contributed by atoms with Gasteiger partial charge >= 0.3 is 0 Å². The first kappa shape index (κ1) is 20.5. The Kier molecular flexibility index (Phi) is 10.2. The summed E-state index contributed by atoms with van der Waals surface area (Å²) in [5.41, 5.74) is 6.02. The Morgan fingerprint density at radius 2 is 1.62 bits per heavy atom. The van der Waals surface area contributed by atoms with Gasteiger partial charge in [-0.05, 0) is 60.1 Å². The second kappa shape index (κ2) is 11.9. The Bertz CT molecular complexity index is 537. The lowest BCUT2D eigenvalue weighted by Crippen LogP contribution is -1.98. The summed E-state index contributed by atoms with van der Waals surface area (Å²) in [7, 11) is 1.75. The van der Waals surface area contributed by atoms with Crippen molar-refractivity contribution in [2.45, 2.75) is 79.1 Å². The number of ether oxygens (including phenoxy) is 1. The third-order valence-corrected chi connectivity index (χ3v) is 4.37. The van der Waals surface area contributed by atoms with Crippen LogP contribution in [0.5, 0.6) is 5.75 Å². The molecule has 0 saturated carbocycles. The highest BCUT2D eigenvalue weighted by Crippen LogP contribution is 2.34. The van der Waals surface area contributed by atoms with Gasteiger partial charge in [0.05, 0.1) is 7.11 Å². The van der Waals surface area contributed by atoms with E-state index in [1.54, 1.807) is 18.3 Å². The first-order valence-electron chi connectivity index (χ1n) is 9.77. The average Bonchev–Trinajstić information content (AvgIpc) is 2.62. The average molecular weight is 329 g/mol. The molecule has 0 bridgehead atoms. The van der Waals surface area contributed by atoms with Gasteiger partial charge in [-0.3, -0.25) is 0 Å². The maximum absolute atomic E-state index is 5.46. The first-order valence-corrected chi connectivity index (χ1v) is 9.77. The molecular weight excluding hydrogens is 292 g/mol. The van der Waals surface area contributed by atoms with E-state index < -0.39 is 0 Å². The minimum Gasteiger partial charge on any atom is -0.497 e. The standard InChI is InChI=1S/C23H36O/c1-6-10-15-19(12-7-2)22(13-8-3)23(14-9-4)20-16-11-17-21(18-20)24-5/h11,15-18H,6-10,12-14H2,1-5H3/b19-15+,23-22-. The number of unbranched alkanes of at least 4 members (excludes halogenated alkanes) is 1. The van der Waals surface area contributed by atoms with Gasteiger partial charge in [-0.15, -0.1) is 0 Å². The molecular formula is C23H36O. The van der Waals surface area contributed by atoms with Gasteiger partial charge in [-0.1, -0.05) is 71.6 Å². The number of benzene rings is 1. The summed E-state index contributed by atoms with van der Waals surface area (Å²) in [6, 6.07) is 8.59. The van der Waals surface area contributed by atoms with E-state index in [1.807, 2.05) is 6.07 Å². The second-order valence-electron chi connectivity index (χ2n) is 6.46. The Labute approximate surface area is 149 Å². The second-order valence-corrected chi connectivity index (χ2v) is 6.46. The van der Waals surface area contributed by atoms with Gasteiger partial charge in [0.25, 0.3) is 0 Å². The lowest BCUT2D eigenvalue weighted by Gasteiger charge is -2.19. The minimum absolute atomic E-state index is 0.950. The third-order valence-electron chi connectivity index (χ3n) is 4.37. The van der Waals surface area contributed by atoms with Crippen molar-refractivity contribution in [2.24, 2.45) is 0 Å². The van der Waals surface area contributed by atoms with Crippen LogP contribution in [0, 0.1) is 0 Å². The van der Waals surface area contributed by atoms with Crippen LogP contribution in [0.15, 0.2) is 41.5 Å². The van der Waals surface area contributed by atoms with Crippen LogP contribution in [0.1, 0.15) is 84.6 Å². The van der Waals surface area contributed by atoms with E-state index in [0.717, 1.165) is 12.2 Å². The van der Waals surface area contributed by atoms with Gasteiger partial charge in [0.1, 0.15) is 5.75 Å². The Morgan fingerprint density at radius 1 is 0.917 bits per heavy atom. The monoisotopic (exact) mass is 328 g/mol. The quantitative estimate of drug-likeness (QED) is 0.380. The zero-order chi connectivity index (χ0) is 17.8. The predicted octanol–water partition coefficient (Wildman–Crippen LogP) is 7.58. The highest BCUT2D eigenvalue weighted by Gasteiger charge is 2.13. The SMILES string of the molecule is CCC/C=C(CCC)/C(CCC)=C(/CCC)c1cccc(OC)c1. The minimum atomic E-state index is 0.950. The molecule has 134 valence electrons. The molecule has 0 aromatic heterocycles. The van der Waals surface area contributed by atoms with Gasteiger partial charge in [-0.25, -0.2) is 0 Å².